The zero-order valence-corrected chi connectivity index (χ0v) is 12.7. The van der Waals surface area contributed by atoms with Crippen LogP contribution >= 0.6 is 0 Å². The van der Waals surface area contributed by atoms with Gasteiger partial charge >= 0.3 is 5.69 Å². The Hall–Kier alpha value is -1.82. The number of aliphatic hydroxyl groups is 1. The molecule has 21 heavy (non-hydrogen) atoms. The molecule has 0 bridgehead atoms. The van der Waals surface area contributed by atoms with Gasteiger partial charge in [0.25, 0.3) is 0 Å². The molecule has 0 saturated carbocycles. The summed E-state index contributed by atoms with van der Waals surface area (Å²) in [6, 6.07) is 5.06. The first-order chi connectivity index (χ1) is 9.86. The molecule has 1 fully saturated rings. The second-order valence-electron chi connectivity index (χ2n) is 5.88. The second kappa shape index (κ2) is 5.89. The summed E-state index contributed by atoms with van der Waals surface area (Å²) in [4.78, 5) is 12.8. The maximum atomic E-state index is 11.4. The lowest BCUT2D eigenvalue weighted by Gasteiger charge is -2.47. The van der Waals surface area contributed by atoms with Crippen molar-refractivity contribution in [3.05, 3.63) is 28.3 Å². The number of para-hydroxylation sites is 1. The average molecular weight is 294 g/mol. The zero-order valence-electron chi connectivity index (χ0n) is 12.7. The highest BCUT2D eigenvalue weighted by atomic mass is 16.6. The van der Waals surface area contributed by atoms with Crippen molar-refractivity contribution < 1.29 is 14.8 Å². The molecule has 0 amide bonds. The Morgan fingerprint density at radius 3 is 2.67 bits per heavy atom. The lowest BCUT2D eigenvalue weighted by molar-refractivity contribution is -0.385. The summed E-state index contributed by atoms with van der Waals surface area (Å²) in [5.41, 5.74) is -0.235. The maximum Gasteiger partial charge on any atom is 0.333 e. The molecule has 0 atom stereocenters. The quantitative estimate of drug-likeness (QED) is 0.645. The van der Waals surface area contributed by atoms with Crippen molar-refractivity contribution in [2.45, 2.75) is 45.3 Å². The molecule has 0 unspecified atom stereocenters. The number of rotatable bonds is 6. The van der Waals surface area contributed by atoms with Gasteiger partial charge in [-0.3, -0.25) is 10.1 Å². The molecule has 0 aromatic heterocycles. The number of hydrogen-bond acceptors (Lipinski definition) is 5. The monoisotopic (exact) mass is 294 g/mol. The summed E-state index contributed by atoms with van der Waals surface area (Å²) in [6.45, 7) is 6.53. The number of nitro benzene ring substituents is 1. The Bertz CT molecular complexity index is 524. The summed E-state index contributed by atoms with van der Waals surface area (Å²) in [6.07, 6.45) is 1.47. The lowest BCUT2D eigenvalue weighted by atomic mass is 9.88. The van der Waals surface area contributed by atoms with Gasteiger partial charge in [0.1, 0.15) is 5.69 Å². The number of benzene rings is 1. The molecule has 0 spiro atoms. The minimum absolute atomic E-state index is 0.0234. The fourth-order valence-electron chi connectivity index (χ4n) is 2.76. The Morgan fingerprint density at radius 2 is 2.14 bits per heavy atom. The van der Waals surface area contributed by atoms with Gasteiger partial charge in [0.2, 0.25) is 0 Å². The molecule has 2 rings (SSSR count). The van der Waals surface area contributed by atoms with Crippen molar-refractivity contribution >= 4 is 11.4 Å². The van der Waals surface area contributed by atoms with E-state index in [0.29, 0.717) is 25.2 Å². The Kier molecular flexibility index (Phi) is 4.37. The molecular weight excluding hydrogens is 272 g/mol. The third kappa shape index (κ3) is 3.26. The minimum Gasteiger partial charge on any atom is -0.484 e. The van der Waals surface area contributed by atoms with E-state index in [0.717, 1.165) is 6.42 Å². The highest BCUT2D eigenvalue weighted by Crippen LogP contribution is 2.41. The fraction of sp³-hybridized carbons (Fsp3) is 0.600. The van der Waals surface area contributed by atoms with Crippen LogP contribution in [0.5, 0.6) is 5.75 Å². The molecule has 1 N–H and O–H groups in total. The van der Waals surface area contributed by atoms with E-state index < -0.39 is 10.5 Å². The van der Waals surface area contributed by atoms with Crippen molar-refractivity contribution in [1.29, 1.82) is 0 Å². The Labute approximate surface area is 124 Å². The van der Waals surface area contributed by atoms with Gasteiger partial charge in [-0.05, 0) is 32.4 Å². The van der Waals surface area contributed by atoms with E-state index >= 15 is 0 Å². The number of nitrogens with zero attached hydrogens (tertiary/aromatic N) is 2. The fourth-order valence-corrected chi connectivity index (χ4v) is 2.76. The van der Waals surface area contributed by atoms with Gasteiger partial charge in [-0.25, -0.2) is 0 Å². The van der Waals surface area contributed by atoms with Crippen LogP contribution in [0.2, 0.25) is 0 Å². The highest BCUT2D eigenvalue weighted by Gasteiger charge is 2.43. The zero-order chi connectivity index (χ0) is 15.6. The number of anilines is 1. The summed E-state index contributed by atoms with van der Waals surface area (Å²) in [7, 11) is 0. The van der Waals surface area contributed by atoms with Crippen LogP contribution in [-0.4, -0.2) is 34.8 Å². The van der Waals surface area contributed by atoms with E-state index in [2.05, 4.69) is 0 Å². The van der Waals surface area contributed by atoms with Gasteiger partial charge in [0.05, 0.1) is 16.6 Å². The first-order valence-corrected chi connectivity index (χ1v) is 7.27. The smallest absolute Gasteiger partial charge is 0.333 e. The summed E-state index contributed by atoms with van der Waals surface area (Å²) >= 11 is 0. The number of ether oxygens (including phenoxy) is 1. The average Bonchev–Trinajstić information content (AvgIpc) is 2.34. The van der Waals surface area contributed by atoms with Crippen LogP contribution in [0.15, 0.2) is 18.2 Å². The Morgan fingerprint density at radius 1 is 1.48 bits per heavy atom. The molecule has 6 nitrogen and oxygen atoms in total. The third-order valence-electron chi connectivity index (χ3n) is 3.55. The molecule has 1 heterocycles. The number of β-amino-alcohol motifs (C(OH)–C–C–N with tert-alkyl or cyclic N) is 1. The lowest BCUT2D eigenvalue weighted by Crippen LogP contribution is -2.62. The largest absolute Gasteiger partial charge is 0.484 e. The van der Waals surface area contributed by atoms with Gasteiger partial charge in [-0.15, -0.1) is 0 Å². The van der Waals surface area contributed by atoms with E-state index in [1.54, 1.807) is 18.2 Å². The van der Waals surface area contributed by atoms with Crippen molar-refractivity contribution in [2.24, 2.45) is 0 Å². The SMILES string of the molecule is CCCC1(O)CN(c2cccc(OC(C)C)c2[N+](=O)[O-])C1. The van der Waals surface area contributed by atoms with Crippen LogP contribution in [0.25, 0.3) is 0 Å². The van der Waals surface area contributed by atoms with E-state index in [4.69, 9.17) is 4.74 Å². The first-order valence-electron chi connectivity index (χ1n) is 7.27. The number of nitro groups is 1. The predicted molar refractivity (Wildman–Crippen MR) is 80.9 cm³/mol. The molecule has 1 aromatic rings. The van der Waals surface area contributed by atoms with Gasteiger partial charge < -0.3 is 14.7 Å². The van der Waals surface area contributed by atoms with Crippen LogP contribution in [0.1, 0.15) is 33.6 Å². The normalized spacial score (nSPS) is 16.7. The standard InChI is InChI=1S/C15H22N2O4/c1-4-8-15(18)9-16(10-15)12-6-5-7-13(21-11(2)3)14(12)17(19)20/h5-7,11,18H,4,8-10H2,1-3H3. The first kappa shape index (κ1) is 15.6. The molecule has 1 aliphatic rings. The summed E-state index contributed by atoms with van der Waals surface area (Å²) < 4.78 is 5.53. The van der Waals surface area contributed by atoms with Gasteiger partial charge in [0.15, 0.2) is 5.75 Å². The van der Waals surface area contributed by atoms with Gasteiger partial charge in [-0.2, -0.15) is 0 Å². The Balaban J connectivity index is 2.26. The molecule has 6 heteroatoms. The molecule has 1 aliphatic heterocycles. The molecular formula is C15H22N2O4. The van der Waals surface area contributed by atoms with Gasteiger partial charge in [0, 0.05) is 13.1 Å². The van der Waals surface area contributed by atoms with Crippen molar-refractivity contribution in [3.63, 3.8) is 0 Å². The predicted octanol–water partition coefficient (Wildman–Crippen LogP) is 2.73. The van der Waals surface area contributed by atoms with Crippen LogP contribution in [0.3, 0.4) is 0 Å². The van der Waals surface area contributed by atoms with Crippen LogP contribution in [0.4, 0.5) is 11.4 Å². The van der Waals surface area contributed by atoms with E-state index in [-0.39, 0.29) is 17.5 Å². The van der Waals surface area contributed by atoms with E-state index in [1.807, 2.05) is 25.7 Å². The van der Waals surface area contributed by atoms with Crippen LogP contribution in [-0.2, 0) is 0 Å². The molecule has 116 valence electrons. The molecule has 1 saturated heterocycles. The van der Waals surface area contributed by atoms with Gasteiger partial charge in [-0.1, -0.05) is 19.4 Å². The van der Waals surface area contributed by atoms with Crippen molar-refractivity contribution in [1.82, 2.24) is 0 Å². The van der Waals surface area contributed by atoms with Crippen LogP contribution < -0.4 is 9.64 Å². The highest BCUT2D eigenvalue weighted by molar-refractivity contribution is 5.71. The van der Waals surface area contributed by atoms with E-state index in [1.165, 1.54) is 0 Å². The topological polar surface area (TPSA) is 75.8 Å². The summed E-state index contributed by atoms with van der Waals surface area (Å²) in [5.74, 6) is 0.276. The van der Waals surface area contributed by atoms with Crippen molar-refractivity contribution in [3.8, 4) is 5.75 Å². The maximum absolute atomic E-state index is 11.4. The number of hydrogen-bond donors (Lipinski definition) is 1. The van der Waals surface area contributed by atoms with Crippen LogP contribution in [0, 0.1) is 10.1 Å². The molecule has 0 radical (unpaired) electrons. The summed E-state index contributed by atoms with van der Waals surface area (Å²) in [5, 5.41) is 21.6. The second-order valence-corrected chi connectivity index (χ2v) is 5.88. The molecule has 0 aliphatic carbocycles. The van der Waals surface area contributed by atoms with Crippen molar-refractivity contribution in [2.75, 3.05) is 18.0 Å². The third-order valence-corrected chi connectivity index (χ3v) is 3.55. The minimum atomic E-state index is -0.725. The molecule has 1 aromatic carbocycles. The van der Waals surface area contributed by atoms with E-state index in [9.17, 15) is 15.2 Å².